The van der Waals surface area contributed by atoms with Gasteiger partial charge in [0, 0.05) is 25.1 Å². The fourth-order valence-corrected chi connectivity index (χ4v) is 1.33. The van der Waals surface area contributed by atoms with E-state index in [2.05, 4.69) is 20.6 Å². The summed E-state index contributed by atoms with van der Waals surface area (Å²) in [7, 11) is 1.70. The van der Waals surface area contributed by atoms with E-state index < -0.39 is 12.6 Å². The van der Waals surface area contributed by atoms with Gasteiger partial charge in [0.15, 0.2) is 0 Å². The molecule has 1 aromatic heterocycles. The van der Waals surface area contributed by atoms with E-state index in [-0.39, 0.29) is 12.0 Å². The van der Waals surface area contributed by atoms with Crippen molar-refractivity contribution in [1.82, 2.24) is 9.97 Å². The van der Waals surface area contributed by atoms with E-state index in [4.69, 9.17) is 0 Å². The molecule has 0 bridgehead atoms. The SMILES string of the molecule is CNc1cc(NCCC(F)(F)F)nc(C(C)(C)C)n1. The molecule has 108 valence electrons. The fourth-order valence-electron chi connectivity index (χ4n) is 1.33. The minimum Gasteiger partial charge on any atom is -0.373 e. The first-order valence-corrected chi connectivity index (χ1v) is 6.00. The Bertz CT molecular complexity index is 424. The zero-order valence-electron chi connectivity index (χ0n) is 11.5. The van der Waals surface area contributed by atoms with Crippen molar-refractivity contribution in [2.75, 3.05) is 24.2 Å². The van der Waals surface area contributed by atoms with Crippen LogP contribution in [0.4, 0.5) is 24.8 Å². The number of aromatic nitrogens is 2. The molecule has 7 heteroatoms. The van der Waals surface area contributed by atoms with Crippen molar-refractivity contribution in [3.05, 3.63) is 11.9 Å². The van der Waals surface area contributed by atoms with Crippen LogP contribution in [0, 0.1) is 0 Å². The van der Waals surface area contributed by atoms with Gasteiger partial charge in [-0.15, -0.1) is 0 Å². The van der Waals surface area contributed by atoms with Gasteiger partial charge in [0.25, 0.3) is 0 Å². The lowest BCUT2D eigenvalue weighted by molar-refractivity contribution is -0.131. The van der Waals surface area contributed by atoms with Gasteiger partial charge in [-0.05, 0) is 0 Å². The highest BCUT2D eigenvalue weighted by Crippen LogP contribution is 2.23. The highest BCUT2D eigenvalue weighted by atomic mass is 19.4. The average molecular weight is 276 g/mol. The molecule has 1 heterocycles. The molecule has 0 radical (unpaired) electrons. The molecule has 4 nitrogen and oxygen atoms in total. The van der Waals surface area contributed by atoms with E-state index in [1.165, 1.54) is 0 Å². The third-order valence-corrected chi connectivity index (χ3v) is 2.37. The predicted octanol–water partition coefficient (Wildman–Crippen LogP) is 3.18. The van der Waals surface area contributed by atoms with Crippen LogP contribution in [0.25, 0.3) is 0 Å². The second-order valence-corrected chi connectivity index (χ2v) is 5.25. The molecule has 0 aliphatic rings. The summed E-state index contributed by atoms with van der Waals surface area (Å²) in [5.41, 5.74) is -0.271. The van der Waals surface area contributed by atoms with Gasteiger partial charge in [-0.25, -0.2) is 9.97 Å². The number of hydrogen-bond donors (Lipinski definition) is 2. The Labute approximate surface area is 110 Å². The Kier molecular flexibility index (Phi) is 4.60. The molecule has 0 aliphatic carbocycles. The summed E-state index contributed by atoms with van der Waals surface area (Å²) in [6, 6.07) is 1.59. The van der Waals surface area contributed by atoms with Gasteiger partial charge >= 0.3 is 6.18 Å². The lowest BCUT2D eigenvalue weighted by atomic mass is 9.96. The van der Waals surface area contributed by atoms with Crippen molar-refractivity contribution >= 4 is 11.6 Å². The molecule has 0 spiro atoms. The summed E-state index contributed by atoms with van der Waals surface area (Å²) < 4.78 is 36.3. The van der Waals surface area contributed by atoms with Crippen molar-refractivity contribution in [3.63, 3.8) is 0 Å². The van der Waals surface area contributed by atoms with E-state index in [0.717, 1.165) is 0 Å². The molecule has 0 aromatic carbocycles. The van der Waals surface area contributed by atoms with Crippen LogP contribution in [-0.2, 0) is 5.41 Å². The van der Waals surface area contributed by atoms with Crippen molar-refractivity contribution in [1.29, 1.82) is 0 Å². The van der Waals surface area contributed by atoms with Crippen LogP contribution < -0.4 is 10.6 Å². The Morgan fingerprint density at radius 3 is 2.16 bits per heavy atom. The van der Waals surface area contributed by atoms with Crippen LogP contribution in [0.2, 0.25) is 0 Å². The molecule has 0 amide bonds. The Balaban J connectivity index is 2.83. The first kappa shape index (κ1) is 15.5. The molecule has 0 saturated carbocycles. The van der Waals surface area contributed by atoms with Crippen LogP contribution in [0.15, 0.2) is 6.07 Å². The highest BCUT2D eigenvalue weighted by molar-refractivity contribution is 5.47. The standard InChI is InChI=1S/C12H19F3N4/c1-11(2,3)10-18-8(16-4)7-9(19-10)17-6-5-12(13,14)15/h7H,5-6H2,1-4H3,(H2,16,17,18,19). The lowest BCUT2D eigenvalue weighted by Gasteiger charge is -2.19. The minimum absolute atomic E-state index is 0.201. The summed E-state index contributed by atoms with van der Waals surface area (Å²) in [6.07, 6.45) is -5.06. The maximum absolute atomic E-state index is 12.1. The molecular formula is C12H19F3N4. The van der Waals surface area contributed by atoms with E-state index >= 15 is 0 Å². The summed E-state index contributed by atoms with van der Waals surface area (Å²) in [5.74, 6) is 1.55. The summed E-state index contributed by atoms with van der Waals surface area (Å²) >= 11 is 0. The van der Waals surface area contributed by atoms with Crippen LogP contribution in [0.5, 0.6) is 0 Å². The molecule has 1 aromatic rings. The lowest BCUT2D eigenvalue weighted by Crippen LogP contribution is -2.19. The van der Waals surface area contributed by atoms with E-state index in [0.29, 0.717) is 17.5 Å². The maximum atomic E-state index is 12.1. The number of halogens is 3. The van der Waals surface area contributed by atoms with Gasteiger partial charge in [0.05, 0.1) is 6.42 Å². The molecule has 0 fully saturated rings. The zero-order valence-corrected chi connectivity index (χ0v) is 11.5. The van der Waals surface area contributed by atoms with Gasteiger partial charge < -0.3 is 10.6 Å². The molecule has 0 saturated heterocycles. The number of hydrogen-bond acceptors (Lipinski definition) is 4. The topological polar surface area (TPSA) is 49.8 Å². The van der Waals surface area contributed by atoms with Crippen LogP contribution in [0.1, 0.15) is 33.0 Å². The second kappa shape index (κ2) is 5.63. The van der Waals surface area contributed by atoms with Crippen LogP contribution in [0.3, 0.4) is 0 Å². The molecule has 2 N–H and O–H groups in total. The maximum Gasteiger partial charge on any atom is 0.390 e. The predicted molar refractivity (Wildman–Crippen MR) is 69.4 cm³/mol. The zero-order chi connectivity index (χ0) is 14.7. The quantitative estimate of drug-likeness (QED) is 0.886. The highest BCUT2D eigenvalue weighted by Gasteiger charge is 2.26. The third-order valence-electron chi connectivity index (χ3n) is 2.37. The van der Waals surface area contributed by atoms with Crippen molar-refractivity contribution in [2.45, 2.75) is 38.8 Å². The van der Waals surface area contributed by atoms with Crippen molar-refractivity contribution < 1.29 is 13.2 Å². The monoisotopic (exact) mass is 276 g/mol. The largest absolute Gasteiger partial charge is 0.390 e. The van der Waals surface area contributed by atoms with E-state index in [1.807, 2.05) is 20.8 Å². The number of anilines is 2. The molecule has 0 atom stereocenters. The van der Waals surface area contributed by atoms with Crippen LogP contribution in [-0.4, -0.2) is 29.7 Å². The number of nitrogens with one attached hydrogen (secondary N) is 2. The van der Waals surface area contributed by atoms with Gasteiger partial charge in [0.1, 0.15) is 17.5 Å². The van der Waals surface area contributed by atoms with E-state index in [1.54, 1.807) is 13.1 Å². The first-order valence-electron chi connectivity index (χ1n) is 6.00. The van der Waals surface area contributed by atoms with Crippen LogP contribution >= 0.6 is 0 Å². The molecule has 0 aliphatic heterocycles. The smallest absolute Gasteiger partial charge is 0.373 e. The Hall–Kier alpha value is -1.53. The van der Waals surface area contributed by atoms with E-state index in [9.17, 15) is 13.2 Å². The van der Waals surface area contributed by atoms with Gasteiger partial charge in [-0.2, -0.15) is 13.2 Å². The third kappa shape index (κ3) is 5.32. The first-order chi connectivity index (χ1) is 8.62. The number of alkyl halides is 3. The number of nitrogens with zero attached hydrogens (tertiary/aromatic N) is 2. The molecule has 0 unspecified atom stereocenters. The second-order valence-electron chi connectivity index (χ2n) is 5.25. The van der Waals surface area contributed by atoms with Gasteiger partial charge in [-0.3, -0.25) is 0 Å². The van der Waals surface area contributed by atoms with Gasteiger partial charge in [0.2, 0.25) is 0 Å². The Morgan fingerprint density at radius 1 is 1.11 bits per heavy atom. The summed E-state index contributed by atoms with van der Waals surface area (Å²) in [6.45, 7) is 5.64. The fraction of sp³-hybridized carbons (Fsp3) is 0.667. The number of rotatable bonds is 4. The van der Waals surface area contributed by atoms with Crippen molar-refractivity contribution in [2.24, 2.45) is 0 Å². The molecule has 1 rings (SSSR count). The summed E-state index contributed by atoms with van der Waals surface area (Å²) in [5, 5.41) is 5.55. The normalized spacial score (nSPS) is 12.4. The Morgan fingerprint density at radius 2 is 1.68 bits per heavy atom. The molecular weight excluding hydrogens is 257 g/mol. The van der Waals surface area contributed by atoms with Crippen molar-refractivity contribution in [3.8, 4) is 0 Å². The minimum atomic E-state index is -4.17. The van der Waals surface area contributed by atoms with Gasteiger partial charge in [-0.1, -0.05) is 20.8 Å². The summed E-state index contributed by atoms with van der Waals surface area (Å²) in [4.78, 5) is 8.54. The molecule has 19 heavy (non-hydrogen) atoms. The average Bonchev–Trinajstić information content (AvgIpc) is 2.25.